The first-order valence-electron chi connectivity index (χ1n) is 4.47. The molecule has 1 amide bonds. The molecule has 6 nitrogen and oxygen atoms in total. The van der Waals surface area contributed by atoms with Crippen LogP contribution < -0.4 is 5.32 Å². The van der Waals surface area contributed by atoms with E-state index < -0.39 is 24.6 Å². The van der Waals surface area contributed by atoms with Crippen LogP contribution in [0.5, 0.6) is 0 Å². The first-order chi connectivity index (χ1) is 7.50. The third kappa shape index (κ3) is 3.34. The number of anilines is 1. The van der Waals surface area contributed by atoms with Crippen LogP contribution in [0.2, 0.25) is 0 Å². The highest BCUT2D eigenvalue weighted by atomic mass is 16.5. The molecule has 0 atom stereocenters. The second-order valence-electron chi connectivity index (χ2n) is 3.08. The smallest absolute Gasteiger partial charge is 0.312 e. The predicted octanol–water partition coefficient (Wildman–Crippen LogP) is 0.0830. The number of benzene rings is 1. The number of aliphatic hydroxyl groups excluding tert-OH is 1. The molecule has 86 valence electrons. The number of nitrogens with one attached hydrogen (secondary N) is 1. The molecule has 6 heteroatoms. The normalized spacial score (nSPS) is 10.2. The lowest BCUT2D eigenvalue weighted by atomic mass is 10.1. The van der Waals surface area contributed by atoms with Crippen molar-refractivity contribution in [3.8, 4) is 0 Å². The van der Waals surface area contributed by atoms with E-state index in [-0.39, 0.29) is 11.3 Å². The van der Waals surface area contributed by atoms with Crippen molar-refractivity contribution in [3.05, 3.63) is 29.8 Å². The molecule has 0 aliphatic rings. The molecule has 0 saturated carbocycles. The van der Waals surface area contributed by atoms with Gasteiger partial charge in [-0.05, 0) is 6.07 Å². The third-order valence-corrected chi connectivity index (χ3v) is 1.82. The zero-order valence-electron chi connectivity index (χ0n) is 8.25. The second-order valence-corrected chi connectivity index (χ2v) is 3.08. The summed E-state index contributed by atoms with van der Waals surface area (Å²) in [7, 11) is 0. The second kappa shape index (κ2) is 5.24. The monoisotopic (exact) mass is 225 g/mol. The lowest BCUT2D eigenvalue weighted by Gasteiger charge is -2.11. The van der Waals surface area contributed by atoms with Crippen LogP contribution in [-0.4, -0.2) is 27.2 Å². The number of carbonyl (C=O) groups is 2. The Kier molecular flexibility index (Phi) is 3.98. The number of aliphatic carboxylic acids is 1. The van der Waals surface area contributed by atoms with E-state index in [0.29, 0.717) is 0 Å². The molecular weight excluding hydrogens is 214 g/mol. The number of rotatable bonds is 4. The number of carbonyl (C=O) groups excluding carboxylic acids is 1. The van der Waals surface area contributed by atoms with Gasteiger partial charge in [-0.3, -0.25) is 9.59 Å². The summed E-state index contributed by atoms with van der Waals surface area (Å²) in [5.41, 5.74) is 0.296. The van der Waals surface area contributed by atoms with Gasteiger partial charge in [-0.1, -0.05) is 18.2 Å². The first kappa shape index (κ1) is 12.2. The summed E-state index contributed by atoms with van der Waals surface area (Å²) >= 11 is 0. The van der Waals surface area contributed by atoms with Crippen molar-refractivity contribution in [2.45, 2.75) is 12.7 Å². The maximum absolute atomic E-state index is 11.1. The van der Waals surface area contributed by atoms with Gasteiger partial charge in [-0.15, -0.1) is 0 Å². The Bertz CT molecular complexity index is 402. The average molecular weight is 225 g/mol. The molecular formula is C10H11NO5. The molecule has 4 N–H and O–H groups in total. The van der Waals surface area contributed by atoms with Crippen LogP contribution in [0, 0.1) is 0 Å². The fourth-order valence-corrected chi connectivity index (χ4v) is 1.17. The molecule has 1 aromatic rings. The van der Waals surface area contributed by atoms with Crippen molar-refractivity contribution in [2.75, 3.05) is 5.32 Å². The lowest BCUT2D eigenvalue weighted by Crippen LogP contribution is -2.17. The molecule has 16 heavy (non-hydrogen) atoms. The molecule has 0 unspecified atom stereocenters. The van der Waals surface area contributed by atoms with E-state index in [2.05, 4.69) is 5.32 Å². The van der Waals surface area contributed by atoms with Crippen LogP contribution in [0.15, 0.2) is 24.3 Å². The number of hydrogen-bond acceptors (Lipinski definition) is 4. The molecule has 0 bridgehead atoms. The van der Waals surface area contributed by atoms with Crippen LogP contribution >= 0.6 is 0 Å². The number of hydrogen-bond donors (Lipinski definition) is 4. The zero-order chi connectivity index (χ0) is 12.1. The van der Waals surface area contributed by atoms with Crippen molar-refractivity contribution >= 4 is 17.6 Å². The molecule has 0 aliphatic carbocycles. The topological polar surface area (TPSA) is 107 Å². The molecule has 1 rings (SSSR count). The third-order valence-electron chi connectivity index (χ3n) is 1.82. The van der Waals surface area contributed by atoms with E-state index in [1.807, 2.05) is 0 Å². The fraction of sp³-hybridized carbons (Fsp3) is 0.200. The minimum absolute atomic E-state index is 0.112. The molecule has 0 spiro atoms. The van der Waals surface area contributed by atoms with Gasteiger partial charge in [0.15, 0.2) is 6.29 Å². The Balaban J connectivity index is 2.80. The highest BCUT2D eigenvalue weighted by Crippen LogP contribution is 2.20. The van der Waals surface area contributed by atoms with Crippen LogP contribution in [-0.2, 0) is 9.59 Å². The van der Waals surface area contributed by atoms with Crippen molar-refractivity contribution in [1.82, 2.24) is 0 Å². The molecule has 0 heterocycles. The minimum Gasteiger partial charge on any atom is -0.481 e. The summed E-state index contributed by atoms with van der Waals surface area (Å²) < 4.78 is 0. The Morgan fingerprint density at radius 3 is 2.44 bits per heavy atom. The maximum atomic E-state index is 11.1. The van der Waals surface area contributed by atoms with Crippen molar-refractivity contribution in [1.29, 1.82) is 0 Å². The Hall–Kier alpha value is -1.92. The van der Waals surface area contributed by atoms with E-state index in [1.54, 1.807) is 12.1 Å². The Labute approximate surface area is 91.1 Å². The fourth-order valence-electron chi connectivity index (χ4n) is 1.17. The largest absolute Gasteiger partial charge is 0.481 e. The van der Waals surface area contributed by atoms with Crippen molar-refractivity contribution < 1.29 is 24.9 Å². The summed E-state index contributed by atoms with van der Waals surface area (Å²) in [6, 6.07) is 6.03. The summed E-state index contributed by atoms with van der Waals surface area (Å²) in [5.74, 6) is -1.97. The van der Waals surface area contributed by atoms with Crippen LogP contribution in [0.25, 0.3) is 0 Å². The van der Waals surface area contributed by atoms with Crippen LogP contribution in [0.4, 0.5) is 5.69 Å². The number of carboxylic acids is 1. The molecule has 0 aliphatic heterocycles. The SMILES string of the molecule is O=C(O)CC(=O)Nc1ccccc1C(O)O. The Morgan fingerprint density at radius 1 is 1.25 bits per heavy atom. The van der Waals surface area contributed by atoms with Gasteiger partial charge in [-0.25, -0.2) is 0 Å². The summed E-state index contributed by atoms with van der Waals surface area (Å²) in [6.45, 7) is 0. The van der Waals surface area contributed by atoms with E-state index in [4.69, 9.17) is 15.3 Å². The van der Waals surface area contributed by atoms with Gasteiger partial charge in [0.1, 0.15) is 6.42 Å². The quantitative estimate of drug-likeness (QED) is 0.429. The predicted molar refractivity (Wildman–Crippen MR) is 54.5 cm³/mol. The number of aliphatic hydroxyl groups is 2. The van der Waals surface area contributed by atoms with Gasteiger partial charge in [-0.2, -0.15) is 0 Å². The number of para-hydroxylation sites is 1. The molecule has 0 saturated heterocycles. The average Bonchev–Trinajstić information content (AvgIpc) is 2.16. The molecule has 0 fully saturated rings. The van der Waals surface area contributed by atoms with Crippen molar-refractivity contribution in [3.63, 3.8) is 0 Å². The van der Waals surface area contributed by atoms with E-state index in [0.717, 1.165) is 0 Å². The number of carboxylic acid groups (broad SMARTS) is 1. The zero-order valence-corrected chi connectivity index (χ0v) is 8.25. The van der Waals surface area contributed by atoms with E-state index in [9.17, 15) is 9.59 Å². The van der Waals surface area contributed by atoms with Gasteiger partial charge < -0.3 is 20.6 Å². The Morgan fingerprint density at radius 2 is 1.88 bits per heavy atom. The van der Waals surface area contributed by atoms with Gasteiger partial charge >= 0.3 is 5.97 Å². The van der Waals surface area contributed by atoms with Gasteiger partial charge in [0.05, 0.1) is 0 Å². The highest BCUT2D eigenvalue weighted by molar-refractivity contribution is 6.01. The molecule has 1 aromatic carbocycles. The van der Waals surface area contributed by atoms with Gasteiger partial charge in [0, 0.05) is 11.3 Å². The standard InChI is InChI=1S/C10H11NO5/c12-8(5-9(13)14)11-7-4-2-1-3-6(7)10(15)16/h1-4,10,15-16H,5H2,(H,11,12)(H,13,14). The minimum atomic E-state index is -1.72. The summed E-state index contributed by atoms with van der Waals surface area (Å²) in [5, 5.41) is 28.6. The highest BCUT2D eigenvalue weighted by Gasteiger charge is 2.12. The van der Waals surface area contributed by atoms with Gasteiger partial charge in [0.2, 0.25) is 5.91 Å². The maximum Gasteiger partial charge on any atom is 0.312 e. The van der Waals surface area contributed by atoms with Crippen molar-refractivity contribution in [2.24, 2.45) is 0 Å². The number of amides is 1. The van der Waals surface area contributed by atoms with Gasteiger partial charge in [0.25, 0.3) is 0 Å². The summed E-state index contributed by atoms with van der Waals surface area (Å²) in [6.07, 6.45) is -2.39. The molecule has 0 aromatic heterocycles. The first-order valence-corrected chi connectivity index (χ1v) is 4.47. The van der Waals surface area contributed by atoms with E-state index in [1.165, 1.54) is 12.1 Å². The van der Waals surface area contributed by atoms with Crippen LogP contribution in [0.1, 0.15) is 18.3 Å². The van der Waals surface area contributed by atoms with Crippen LogP contribution in [0.3, 0.4) is 0 Å². The summed E-state index contributed by atoms with van der Waals surface area (Å²) in [4.78, 5) is 21.4. The molecule has 0 radical (unpaired) electrons. The van der Waals surface area contributed by atoms with E-state index >= 15 is 0 Å². The lowest BCUT2D eigenvalue weighted by molar-refractivity contribution is -0.139.